The normalized spacial score (nSPS) is 11.5. The Morgan fingerprint density at radius 1 is 1.24 bits per heavy atom. The third-order valence-corrected chi connectivity index (χ3v) is 3.81. The van der Waals surface area contributed by atoms with E-state index >= 15 is 0 Å². The molecule has 114 valence electrons. The molecule has 1 aromatic carbocycles. The highest BCUT2D eigenvalue weighted by Gasteiger charge is 2.21. The topological polar surface area (TPSA) is 122 Å². The summed E-state index contributed by atoms with van der Waals surface area (Å²) in [6.45, 7) is 0. The Kier molecular flexibility index (Phi) is 6.63. The first-order valence-electron chi connectivity index (χ1n) is 5.84. The van der Waals surface area contributed by atoms with Crippen molar-refractivity contribution in [3.63, 3.8) is 0 Å². The van der Waals surface area contributed by atoms with Crippen molar-refractivity contribution in [2.24, 2.45) is 5.73 Å². The maximum Gasteiger partial charge on any atom is 0.326 e. The van der Waals surface area contributed by atoms with Crippen LogP contribution in [0.5, 0.6) is 0 Å². The van der Waals surface area contributed by atoms with Crippen LogP contribution < -0.4 is 16.4 Å². The van der Waals surface area contributed by atoms with E-state index in [1.807, 2.05) is 0 Å². The number of para-hydroxylation sites is 1. The number of rotatable bonds is 6. The molecule has 0 heterocycles. The number of carbonyl (C=O) groups excluding carboxylic acids is 2. The largest absolute Gasteiger partial charge is 0.480 e. The number of carbonyl (C=O) groups is 3. The van der Waals surface area contributed by atoms with Crippen LogP contribution in [0.4, 0.5) is 10.5 Å². The third kappa shape index (κ3) is 5.72. The van der Waals surface area contributed by atoms with Gasteiger partial charge in [0.1, 0.15) is 6.04 Å². The molecule has 0 spiro atoms. The molecule has 3 amide bonds. The summed E-state index contributed by atoms with van der Waals surface area (Å²) in [7, 11) is 0. The first-order chi connectivity index (χ1) is 9.81. The van der Waals surface area contributed by atoms with Gasteiger partial charge in [0.2, 0.25) is 5.91 Å². The lowest BCUT2D eigenvalue weighted by Gasteiger charge is -2.15. The van der Waals surface area contributed by atoms with Gasteiger partial charge in [0, 0.05) is 15.4 Å². The highest BCUT2D eigenvalue weighted by molar-refractivity contribution is 9.11. The molecule has 0 aliphatic carbocycles. The molecule has 7 nitrogen and oxygen atoms in total. The van der Waals surface area contributed by atoms with Gasteiger partial charge in [-0.15, -0.1) is 0 Å². The first-order valence-corrected chi connectivity index (χ1v) is 7.42. The molecule has 0 aliphatic heterocycles. The van der Waals surface area contributed by atoms with Crippen molar-refractivity contribution in [2.75, 3.05) is 5.32 Å². The Labute approximate surface area is 137 Å². The van der Waals surface area contributed by atoms with Gasteiger partial charge in [-0.2, -0.15) is 0 Å². The van der Waals surface area contributed by atoms with Crippen LogP contribution in [0.15, 0.2) is 27.1 Å². The number of urea groups is 1. The molecule has 0 aliphatic rings. The minimum absolute atomic E-state index is 0.0742. The molecule has 1 rings (SSSR count). The van der Waals surface area contributed by atoms with Crippen molar-refractivity contribution < 1.29 is 19.5 Å². The number of hydrogen-bond acceptors (Lipinski definition) is 3. The summed E-state index contributed by atoms with van der Waals surface area (Å²) in [6, 6.07) is 3.33. The predicted octanol–water partition coefficient (Wildman–Crippen LogP) is 2.05. The zero-order valence-corrected chi connectivity index (χ0v) is 13.9. The number of anilines is 1. The van der Waals surface area contributed by atoms with Gasteiger partial charge in [-0.1, -0.05) is 6.07 Å². The van der Waals surface area contributed by atoms with Crippen LogP contribution in [0, 0.1) is 0 Å². The monoisotopic (exact) mass is 421 g/mol. The zero-order valence-electron chi connectivity index (χ0n) is 10.7. The molecule has 0 saturated heterocycles. The van der Waals surface area contributed by atoms with Crippen LogP contribution in [0.25, 0.3) is 0 Å². The Balaban J connectivity index is 2.70. The van der Waals surface area contributed by atoms with Crippen LogP contribution >= 0.6 is 31.9 Å². The number of carboxylic acids is 1. The number of nitrogens with two attached hydrogens (primary N) is 1. The van der Waals surface area contributed by atoms with Crippen LogP contribution in [-0.2, 0) is 9.59 Å². The fraction of sp³-hybridized carbons (Fsp3) is 0.250. The summed E-state index contributed by atoms with van der Waals surface area (Å²) in [5.41, 5.74) is 5.43. The van der Waals surface area contributed by atoms with Crippen LogP contribution in [0.3, 0.4) is 0 Å². The number of benzene rings is 1. The van der Waals surface area contributed by atoms with Gasteiger partial charge in [0.25, 0.3) is 0 Å². The molecule has 0 radical (unpaired) electrons. The van der Waals surface area contributed by atoms with Gasteiger partial charge in [0.05, 0.1) is 5.69 Å². The van der Waals surface area contributed by atoms with Crippen LogP contribution in [0.2, 0.25) is 0 Å². The quantitative estimate of drug-likeness (QED) is 0.560. The van der Waals surface area contributed by atoms with Crippen molar-refractivity contribution >= 4 is 55.5 Å². The smallest absolute Gasteiger partial charge is 0.326 e. The van der Waals surface area contributed by atoms with Crippen LogP contribution in [-0.4, -0.2) is 29.1 Å². The van der Waals surface area contributed by atoms with E-state index in [2.05, 4.69) is 42.5 Å². The fourth-order valence-corrected chi connectivity index (χ4v) is 2.67. The van der Waals surface area contributed by atoms with E-state index in [-0.39, 0.29) is 12.8 Å². The molecule has 1 aromatic rings. The molecule has 1 atom stereocenters. The summed E-state index contributed by atoms with van der Waals surface area (Å²) >= 11 is 6.54. The molecular weight excluding hydrogens is 410 g/mol. The Hall–Kier alpha value is -1.61. The molecular formula is C12H13Br2N3O4. The van der Waals surface area contributed by atoms with Crippen molar-refractivity contribution in [1.29, 1.82) is 0 Å². The minimum Gasteiger partial charge on any atom is -0.480 e. The van der Waals surface area contributed by atoms with Gasteiger partial charge in [-0.05, 0) is 50.4 Å². The molecule has 0 saturated carbocycles. The fourth-order valence-electron chi connectivity index (χ4n) is 1.47. The lowest BCUT2D eigenvalue weighted by molar-refractivity contribution is -0.139. The molecule has 5 N–H and O–H groups in total. The lowest BCUT2D eigenvalue weighted by atomic mass is 10.1. The van der Waals surface area contributed by atoms with E-state index < -0.39 is 23.9 Å². The third-order valence-electron chi connectivity index (χ3n) is 2.48. The molecule has 0 fully saturated rings. The summed E-state index contributed by atoms with van der Waals surface area (Å²) in [6.07, 6.45) is -0.203. The van der Waals surface area contributed by atoms with Gasteiger partial charge >= 0.3 is 12.0 Å². The number of aliphatic carboxylic acids is 1. The number of carboxylic acid groups (broad SMARTS) is 1. The Morgan fingerprint density at radius 3 is 2.29 bits per heavy atom. The second kappa shape index (κ2) is 7.99. The van der Waals surface area contributed by atoms with Crippen molar-refractivity contribution in [2.45, 2.75) is 18.9 Å². The second-order valence-corrected chi connectivity index (χ2v) is 5.80. The summed E-state index contributed by atoms with van der Waals surface area (Å²) in [5.74, 6) is -1.87. The van der Waals surface area contributed by atoms with E-state index in [9.17, 15) is 14.4 Å². The molecule has 0 aromatic heterocycles. The summed E-state index contributed by atoms with van der Waals surface area (Å²) < 4.78 is 1.27. The lowest BCUT2D eigenvalue weighted by Crippen LogP contribution is -2.43. The first kappa shape index (κ1) is 17.4. The van der Waals surface area contributed by atoms with E-state index in [0.29, 0.717) is 14.6 Å². The standard InChI is InChI=1S/C12H13Br2N3O4/c13-6-2-1-3-7(14)10(6)17-12(21)16-8(11(19)20)4-5-9(15)18/h1-3,8H,4-5H2,(H2,15,18)(H,19,20)(H2,16,17,21)/t8-/m0/s1. The minimum atomic E-state index is -1.24. The molecule has 21 heavy (non-hydrogen) atoms. The maximum absolute atomic E-state index is 11.8. The average molecular weight is 423 g/mol. The summed E-state index contributed by atoms with van der Waals surface area (Å²) in [5, 5.41) is 13.8. The SMILES string of the molecule is NC(=O)CC[C@H](NC(=O)Nc1c(Br)cccc1Br)C(=O)O. The van der Waals surface area contributed by atoms with E-state index in [1.54, 1.807) is 18.2 Å². The zero-order chi connectivity index (χ0) is 16.0. The van der Waals surface area contributed by atoms with E-state index in [4.69, 9.17) is 10.8 Å². The molecule has 9 heteroatoms. The number of halogens is 2. The predicted molar refractivity (Wildman–Crippen MR) is 83.8 cm³/mol. The highest BCUT2D eigenvalue weighted by Crippen LogP contribution is 2.30. The van der Waals surface area contributed by atoms with Gasteiger partial charge in [-0.3, -0.25) is 4.79 Å². The van der Waals surface area contributed by atoms with E-state index in [1.165, 1.54) is 0 Å². The van der Waals surface area contributed by atoms with E-state index in [0.717, 1.165) is 0 Å². The highest BCUT2D eigenvalue weighted by atomic mass is 79.9. The van der Waals surface area contributed by atoms with Crippen molar-refractivity contribution in [1.82, 2.24) is 5.32 Å². The number of primary amides is 1. The summed E-state index contributed by atoms with van der Waals surface area (Å²) in [4.78, 5) is 33.5. The number of amides is 3. The maximum atomic E-state index is 11.8. The average Bonchev–Trinajstić information content (AvgIpc) is 2.38. The number of hydrogen-bond donors (Lipinski definition) is 4. The Morgan fingerprint density at radius 2 is 1.81 bits per heavy atom. The van der Waals surface area contributed by atoms with Gasteiger partial charge in [-0.25, -0.2) is 9.59 Å². The van der Waals surface area contributed by atoms with Crippen LogP contribution in [0.1, 0.15) is 12.8 Å². The Bertz CT molecular complexity index is 545. The molecule has 0 unspecified atom stereocenters. The van der Waals surface area contributed by atoms with Gasteiger partial charge in [0.15, 0.2) is 0 Å². The van der Waals surface area contributed by atoms with Crippen molar-refractivity contribution in [3.8, 4) is 0 Å². The number of nitrogens with one attached hydrogen (secondary N) is 2. The van der Waals surface area contributed by atoms with Gasteiger partial charge < -0.3 is 21.5 Å². The van der Waals surface area contributed by atoms with Crippen molar-refractivity contribution in [3.05, 3.63) is 27.1 Å². The second-order valence-electron chi connectivity index (χ2n) is 4.09. The molecule has 0 bridgehead atoms.